The molecule has 0 radical (unpaired) electrons. The molecule has 0 aliphatic heterocycles. The van der Waals surface area contributed by atoms with Crippen LogP contribution in [-0.2, 0) is 0 Å². The summed E-state index contributed by atoms with van der Waals surface area (Å²) in [5, 5.41) is 0. The molecular weight excluding hydrogens is 319 g/mol. The maximum absolute atomic E-state index is 2.44. The third-order valence-corrected chi connectivity index (χ3v) is 10.4. The second-order valence-corrected chi connectivity index (χ2v) is 12.2. The minimum absolute atomic E-state index is 1.17. The Bertz CT molecular complexity index is 309. The molecule has 146 valence electrons. The van der Waals surface area contributed by atoms with Gasteiger partial charge in [0.15, 0.2) is 0 Å². The van der Waals surface area contributed by atoms with Crippen LogP contribution >= 0.6 is 7.26 Å². The summed E-state index contributed by atoms with van der Waals surface area (Å²) in [6, 6.07) is 0. The first-order valence-electron chi connectivity index (χ1n) is 10.8. The van der Waals surface area contributed by atoms with Crippen LogP contribution in [0.15, 0.2) is 48.6 Å². The van der Waals surface area contributed by atoms with Crippen LogP contribution in [0.2, 0.25) is 0 Å². The maximum atomic E-state index is 2.44. The van der Waals surface area contributed by atoms with Crippen molar-refractivity contribution >= 4 is 7.26 Å². The van der Waals surface area contributed by atoms with Crippen molar-refractivity contribution in [3.63, 3.8) is 0 Å². The van der Waals surface area contributed by atoms with E-state index in [2.05, 4.69) is 76.3 Å². The molecule has 1 heteroatoms. The first kappa shape index (κ1) is 24.4. The summed E-state index contributed by atoms with van der Waals surface area (Å²) in [5.74, 6) is 0. The van der Waals surface area contributed by atoms with Crippen LogP contribution in [-0.4, -0.2) is 24.6 Å². The van der Waals surface area contributed by atoms with Gasteiger partial charge >= 0.3 is 160 Å². The van der Waals surface area contributed by atoms with E-state index in [-0.39, 0.29) is 0 Å². The zero-order valence-corrected chi connectivity index (χ0v) is 18.6. The summed E-state index contributed by atoms with van der Waals surface area (Å²) < 4.78 is 0. The summed E-state index contributed by atoms with van der Waals surface area (Å²) in [6.07, 6.45) is 34.9. The molecule has 0 spiro atoms. The average molecular weight is 365 g/mol. The van der Waals surface area contributed by atoms with E-state index in [1.54, 1.807) is 0 Å². The third kappa shape index (κ3) is 14.3. The molecule has 0 bridgehead atoms. The van der Waals surface area contributed by atoms with Crippen LogP contribution < -0.4 is 0 Å². The van der Waals surface area contributed by atoms with Gasteiger partial charge in [0, 0.05) is 0 Å². The van der Waals surface area contributed by atoms with Crippen molar-refractivity contribution in [3.05, 3.63) is 48.6 Å². The summed E-state index contributed by atoms with van der Waals surface area (Å²) in [6.45, 7) is 8.95. The van der Waals surface area contributed by atoms with Crippen molar-refractivity contribution in [2.45, 2.75) is 79.1 Å². The third-order valence-electron chi connectivity index (χ3n) is 4.97. The molecule has 0 aromatic rings. The second-order valence-electron chi connectivity index (χ2n) is 7.17. The van der Waals surface area contributed by atoms with Crippen LogP contribution in [0.4, 0.5) is 0 Å². The number of hydrogen-bond donors (Lipinski definition) is 0. The first-order valence-corrected chi connectivity index (χ1v) is 13.7. The van der Waals surface area contributed by atoms with Gasteiger partial charge in [0.25, 0.3) is 0 Å². The average Bonchev–Trinajstić information content (AvgIpc) is 2.63. The molecule has 0 saturated carbocycles. The molecule has 0 unspecified atom stereocenters. The fourth-order valence-electron chi connectivity index (χ4n) is 3.45. The standard InChI is InChI=1S/C24H45P/c1-5-9-13-17-21-25(22-18-14-10-6-2,23-19-15-11-7-3)24-20-16-12-8-4/h9-16,25H,5-8,17-24H2,1-4H3/b13-9+,14-10+,15-11+,16-12+. The van der Waals surface area contributed by atoms with Crippen molar-refractivity contribution in [1.29, 1.82) is 0 Å². The molecule has 0 aliphatic rings. The zero-order valence-electron chi connectivity index (χ0n) is 17.6. The first-order chi connectivity index (χ1) is 12.2. The Hall–Kier alpha value is -0.610. The Morgan fingerprint density at radius 1 is 0.400 bits per heavy atom. The van der Waals surface area contributed by atoms with Gasteiger partial charge < -0.3 is 0 Å². The fraction of sp³-hybridized carbons (Fsp3) is 0.667. The van der Waals surface area contributed by atoms with Crippen LogP contribution in [0.1, 0.15) is 79.1 Å². The molecule has 0 amide bonds. The van der Waals surface area contributed by atoms with Gasteiger partial charge in [-0.25, -0.2) is 0 Å². The van der Waals surface area contributed by atoms with Gasteiger partial charge in [0.05, 0.1) is 0 Å². The van der Waals surface area contributed by atoms with Crippen LogP contribution in [0, 0.1) is 0 Å². The zero-order chi connectivity index (χ0) is 18.6. The molecule has 0 aromatic heterocycles. The topological polar surface area (TPSA) is 0 Å². The Morgan fingerprint density at radius 3 is 0.840 bits per heavy atom. The Balaban J connectivity index is 4.97. The molecule has 0 atom stereocenters. The summed E-state index contributed by atoms with van der Waals surface area (Å²) in [5.41, 5.74) is 0. The summed E-state index contributed by atoms with van der Waals surface area (Å²) in [4.78, 5) is 0. The fourth-order valence-corrected chi connectivity index (χ4v) is 8.06. The number of rotatable bonds is 16. The molecule has 25 heavy (non-hydrogen) atoms. The molecule has 0 nitrogen and oxygen atoms in total. The normalized spacial score (nSPS) is 13.9. The Labute approximate surface area is 159 Å². The van der Waals surface area contributed by atoms with Crippen molar-refractivity contribution in [2.24, 2.45) is 0 Å². The van der Waals surface area contributed by atoms with Crippen LogP contribution in [0.25, 0.3) is 0 Å². The van der Waals surface area contributed by atoms with E-state index in [1.807, 2.05) is 0 Å². The van der Waals surface area contributed by atoms with Gasteiger partial charge in [0.1, 0.15) is 0 Å². The van der Waals surface area contributed by atoms with E-state index >= 15 is 0 Å². The predicted octanol–water partition coefficient (Wildman–Crippen LogP) is 8.16. The van der Waals surface area contributed by atoms with Gasteiger partial charge in [-0.05, 0) is 0 Å². The van der Waals surface area contributed by atoms with Gasteiger partial charge in [-0.2, -0.15) is 0 Å². The van der Waals surface area contributed by atoms with Gasteiger partial charge in [-0.3, -0.25) is 0 Å². The molecule has 0 saturated heterocycles. The van der Waals surface area contributed by atoms with Crippen molar-refractivity contribution < 1.29 is 0 Å². The molecular formula is C24H45P. The molecule has 0 aliphatic carbocycles. The van der Waals surface area contributed by atoms with Crippen molar-refractivity contribution in [3.8, 4) is 0 Å². The number of allylic oxidation sites excluding steroid dienone is 8. The van der Waals surface area contributed by atoms with E-state index in [0.717, 1.165) is 0 Å². The summed E-state index contributed by atoms with van der Waals surface area (Å²) >= 11 is 0. The van der Waals surface area contributed by atoms with Gasteiger partial charge in [-0.1, -0.05) is 0 Å². The molecule has 0 aromatic carbocycles. The van der Waals surface area contributed by atoms with E-state index in [4.69, 9.17) is 0 Å². The second kappa shape index (κ2) is 18.2. The van der Waals surface area contributed by atoms with Gasteiger partial charge in [0.2, 0.25) is 0 Å². The van der Waals surface area contributed by atoms with E-state index in [9.17, 15) is 0 Å². The predicted molar refractivity (Wildman–Crippen MR) is 124 cm³/mol. The Kier molecular flexibility index (Phi) is 17.7. The monoisotopic (exact) mass is 364 g/mol. The van der Waals surface area contributed by atoms with Crippen molar-refractivity contribution in [2.75, 3.05) is 24.6 Å². The molecule has 0 N–H and O–H groups in total. The summed E-state index contributed by atoms with van der Waals surface area (Å²) in [7, 11) is -1.20. The van der Waals surface area contributed by atoms with E-state index in [0.29, 0.717) is 0 Å². The Morgan fingerprint density at radius 2 is 0.640 bits per heavy atom. The van der Waals surface area contributed by atoms with E-state index < -0.39 is 7.26 Å². The van der Waals surface area contributed by atoms with Crippen molar-refractivity contribution in [1.82, 2.24) is 0 Å². The molecule has 0 fully saturated rings. The van der Waals surface area contributed by atoms with Crippen LogP contribution in [0.5, 0.6) is 0 Å². The SMILES string of the molecule is CC/C=C/CC[PH](CC/C=C/CC)(CC/C=C/CC)CC/C=C/CC. The van der Waals surface area contributed by atoms with Gasteiger partial charge in [-0.15, -0.1) is 0 Å². The van der Waals surface area contributed by atoms with E-state index in [1.165, 1.54) is 76.0 Å². The number of hydrogen-bond acceptors (Lipinski definition) is 0. The molecule has 0 heterocycles. The molecule has 0 rings (SSSR count). The quantitative estimate of drug-likeness (QED) is 0.191. The minimum atomic E-state index is -1.20. The van der Waals surface area contributed by atoms with Crippen LogP contribution in [0.3, 0.4) is 0 Å².